The third-order valence-corrected chi connectivity index (χ3v) is 5.68. The quantitative estimate of drug-likeness (QED) is 0.363. The van der Waals surface area contributed by atoms with Crippen LogP contribution < -0.4 is 10.1 Å². The van der Waals surface area contributed by atoms with Crippen LogP contribution in [0.3, 0.4) is 0 Å². The first kappa shape index (κ1) is 24.3. The third kappa shape index (κ3) is 6.83. The first-order chi connectivity index (χ1) is 15.9. The number of benzene rings is 3. The van der Waals surface area contributed by atoms with Gasteiger partial charge in [-0.3, -0.25) is 9.59 Å². The number of carboxylic acids is 1. The van der Waals surface area contributed by atoms with E-state index in [1.165, 1.54) is 0 Å². The molecule has 5 nitrogen and oxygen atoms in total. The van der Waals surface area contributed by atoms with Gasteiger partial charge in [0.25, 0.3) is 5.91 Å². The van der Waals surface area contributed by atoms with E-state index in [1.807, 2.05) is 74.5 Å². The molecule has 3 aromatic rings. The van der Waals surface area contributed by atoms with Crippen molar-refractivity contribution < 1.29 is 19.4 Å². The highest BCUT2D eigenvalue weighted by molar-refractivity contribution is 6.30. The van der Waals surface area contributed by atoms with Gasteiger partial charge >= 0.3 is 5.97 Å². The van der Waals surface area contributed by atoms with Crippen molar-refractivity contribution in [2.45, 2.75) is 38.6 Å². The molecular weight excluding hydrogens is 438 g/mol. The first-order valence-electron chi connectivity index (χ1n) is 11.0. The summed E-state index contributed by atoms with van der Waals surface area (Å²) in [5, 5.41) is 14.9. The SMILES string of the molecule is C/C=C\C(CC)NC(=O)COc1ccc2ccc(C(CC(=O)O)c3cccc(Cl)c3)cc2c1. The maximum atomic E-state index is 12.2. The summed E-state index contributed by atoms with van der Waals surface area (Å²) in [7, 11) is 0. The van der Waals surface area contributed by atoms with Gasteiger partial charge in [-0.15, -0.1) is 0 Å². The van der Waals surface area contributed by atoms with Crippen LogP contribution >= 0.6 is 11.6 Å². The fourth-order valence-corrected chi connectivity index (χ4v) is 3.99. The first-order valence-corrected chi connectivity index (χ1v) is 11.3. The normalized spacial score (nSPS) is 13.1. The van der Waals surface area contributed by atoms with Crippen LogP contribution in [-0.2, 0) is 9.59 Å². The summed E-state index contributed by atoms with van der Waals surface area (Å²) < 4.78 is 5.72. The Morgan fingerprint density at radius 3 is 2.52 bits per heavy atom. The fourth-order valence-electron chi connectivity index (χ4n) is 3.79. The largest absolute Gasteiger partial charge is 0.484 e. The maximum Gasteiger partial charge on any atom is 0.304 e. The van der Waals surface area contributed by atoms with Crippen LogP contribution in [0.1, 0.15) is 43.7 Å². The number of amides is 1. The van der Waals surface area contributed by atoms with Crippen LogP contribution in [0.25, 0.3) is 10.8 Å². The summed E-state index contributed by atoms with van der Waals surface area (Å²) >= 11 is 6.15. The van der Waals surface area contributed by atoms with E-state index in [1.54, 1.807) is 12.1 Å². The average Bonchev–Trinajstić information content (AvgIpc) is 2.80. The van der Waals surface area contributed by atoms with Crippen molar-refractivity contribution in [2.75, 3.05) is 6.61 Å². The average molecular weight is 466 g/mol. The number of nitrogens with one attached hydrogen (secondary N) is 1. The van der Waals surface area contributed by atoms with Crippen molar-refractivity contribution in [2.24, 2.45) is 0 Å². The number of fused-ring (bicyclic) bond motifs is 1. The summed E-state index contributed by atoms with van der Waals surface area (Å²) in [6, 6.07) is 18.8. The zero-order valence-electron chi connectivity index (χ0n) is 18.8. The van der Waals surface area contributed by atoms with Gasteiger partial charge in [-0.25, -0.2) is 0 Å². The lowest BCUT2D eigenvalue weighted by Crippen LogP contribution is -2.36. The Hall–Kier alpha value is -3.31. The van der Waals surface area contributed by atoms with E-state index in [-0.39, 0.29) is 30.9 Å². The topological polar surface area (TPSA) is 75.6 Å². The monoisotopic (exact) mass is 465 g/mol. The van der Waals surface area contributed by atoms with Crippen molar-refractivity contribution in [3.63, 3.8) is 0 Å². The number of ether oxygens (including phenoxy) is 1. The van der Waals surface area contributed by atoms with E-state index >= 15 is 0 Å². The van der Waals surface area contributed by atoms with Gasteiger partial charge in [-0.1, -0.05) is 67.1 Å². The molecule has 0 spiro atoms. The Labute approximate surface area is 199 Å². The van der Waals surface area contributed by atoms with Crippen molar-refractivity contribution in [1.29, 1.82) is 0 Å². The lowest BCUT2D eigenvalue weighted by molar-refractivity contribution is -0.137. The Kier molecular flexibility index (Phi) is 8.50. The zero-order valence-corrected chi connectivity index (χ0v) is 19.5. The molecule has 0 heterocycles. The standard InChI is InChI=1S/C27H28ClNO4/c1-3-6-23(4-2)29-26(30)17-33-24-12-11-18-9-10-20(13-21(18)15-24)25(16-27(31)32)19-7-5-8-22(28)14-19/h3,5-15,23,25H,4,16-17H2,1-2H3,(H,29,30)(H,31,32)/b6-3-. The van der Waals surface area contributed by atoms with Gasteiger partial charge in [0.15, 0.2) is 6.61 Å². The molecule has 0 saturated carbocycles. The van der Waals surface area contributed by atoms with Crippen LogP contribution in [0, 0.1) is 0 Å². The molecule has 3 aromatic carbocycles. The van der Waals surface area contributed by atoms with E-state index in [0.29, 0.717) is 10.8 Å². The highest BCUT2D eigenvalue weighted by atomic mass is 35.5. The van der Waals surface area contributed by atoms with Gasteiger partial charge in [0.05, 0.1) is 6.42 Å². The smallest absolute Gasteiger partial charge is 0.304 e. The van der Waals surface area contributed by atoms with E-state index in [9.17, 15) is 14.7 Å². The van der Waals surface area contributed by atoms with E-state index in [0.717, 1.165) is 28.3 Å². The second-order valence-corrected chi connectivity index (χ2v) is 8.31. The number of carbonyl (C=O) groups excluding carboxylic acids is 1. The van der Waals surface area contributed by atoms with Gasteiger partial charge in [0, 0.05) is 17.0 Å². The molecule has 0 aliphatic heterocycles. The predicted octanol–water partition coefficient (Wildman–Crippen LogP) is 5.95. The molecule has 0 aliphatic rings. The van der Waals surface area contributed by atoms with Gasteiger partial charge in [-0.05, 0) is 59.5 Å². The van der Waals surface area contributed by atoms with Crippen LogP contribution in [0.4, 0.5) is 0 Å². The molecule has 2 atom stereocenters. The molecule has 2 unspecified atom stereocenters. The molecule has 0 aromatic heterocycles. The van der Waals surface area contributed by atoms with Crippen LogP contribution in [0.5, 0.6) is 5.75 Å². The van der Waals surface area contributed by atoms with Crippen molar-refractivity contribution in [3.8, 4) is 5.75 Å². The predicted molar refractivity (Wildman–Crippen MR) is 132 cm³/mol. The molecule has 172 valence electrons. The summed E-state index contributed by atoms with van der Waals surface area (Å²) in [5.41, 5.74) is 1.72. The summed E-state index contributed by atoms with van der Waals surface area (Å²) in [4.78, 5) is 23.8. The maximum absolute atomic E-state index is 12.2. The van der Waals surface area contributed by atoms with Crippen LogP contribution in [0.2, 0.25) is 5.02 Å². The Balaban J connectivity index is 1.81. The summed E-state index contributed by atoms with van der Waals surface area (Å²) in [6.07, 6.45) is 4.62. The van der Waals surface area contributed by atoms with Crippen LogP contribution in [0.15, 0.2) is 72.8 Å². The minimum absolute atomic E-state index is 0.0112. The minimum atomic E-state index is -0.883. The Morgan fingerprint density at radius 1 is 1.06 bits per heavy atom. The molecule has 0 fully saturated rings. The van der Waals surface area contributed by atoms with Gasteiger partial charge in [0.1, 0.15) is 5.75 Å². The van der Waals surface area contributed by atoms with Crippen LogP contribution in [-0.4, -0.2) is 29.6 Å². The van der Waals surface area contributed by atoms with Crippen molar-refractivity contribution >= 4 is 34.2 Å². The number of carboxylic acid groups (broad SMARTS) is 1. The number of halogens is 1. The zero-order chi connectivity index (χ0) is 23.8. The van der Waals surface area contributed by atoms with Gasteiger partial charge in [0.2, 0.25) is 0 Å². The molecule has 0 bridgehead atoms. The van der Waals surface area contributed by atoms with Crippen molar-refractivity contribution in [1.82, 2.24) is 5.32 Å². The number of allylic oxidation sites excluding steroid dienone is 1. The molecule has 6 heteroatoms. The number of hydrogen-bond donors (Lipinski definition) is 2. The Bertz CT molecular complexity index is 1160. The molecule has 2 N–H and O–H groups in total. The fraction of sp³-hybridized carbons (Fsp3) is 0.259. The van der Waals surface area contributed by atoms with E-state index < -0.39 is 5.97 Å². The minimum Gasteiger partial charge on any atom is -0.484 e. The lowest BCUT2D eigenvalue weighted by atomic mass is 9.87. The second-order valence-electron chi connectivity index (χ2n) is 7.87. The number of carbonyl (C=O) groups is 2. The number of aliphatic carboxylic acids is 1. The molecule has 0 aliphatic carbocycles. The molecule has 3 rings (SSSR count). The highest BCUT2D eigenvalue weighted by Gasteiger charge is 2.19. The summed E-state index contributed by atoms with van der Waals surface area (Å²) in [6.45, 7) is 3.85. The molecule has 1 amide bonds. The van der Waals surface area contributed by atoms with E-state index in [4.69, 9.17) is 16.3 Å². The number of rotatable bonds is 10. The molecule has 0 radical (unpaired) electrons. The Morgan fingerprint density at radius 2 is 1.82 bits per heavy atom. The molecular formula is C27H28ClNO4. The van der Waals surface area contributed by atoms with Crippen molar-refractivity contribution in [3.05, 3.63) is 89.0 Å². The summed E-state index contributed by atoms with van der Waals surface area (Å²) in [5.74, 6) is -0.826. The second kappa shape index (κ2) is 11.5. The van der Waals surface area contributed by atoms with Gasteiger partial charge in [-0.2, -0.15) is 0 Å². The number of hydrogen-bond acceptors (Lipinski definition) is 3. The third-order valence-electron chi connectivity index (χ3n) is 5.45. The lowest BCUT2D eigenvalue weighted by Gasteiger charge is -2.17. The molecule has 33 heavy (non-hydrogen) atoms. The van der Waals surface area contributed by atoms with E-state index in [2.05, 4.69) is 5.32 Å². The molecule has 0 saturated heterocycles. The highest BCUT2D eigenvalue weighted by Crippen LogP contribution is 2.32. The van der Waals surface area contributed by atoms with Gasteiger partial charge < -0.3 is 15.2 Å².